The summed E-state index contributed by atoms with van der Waals surface area (Å²) in [7, 11) is 0. The zero-order valence-electron chi connectivity index (χ0n) is 19.1. The van der Waals surface area contributed by atoms with Crippen LogP contribution in [0, 0.1) is 29.9 Å². The molecule has 0 spiro atoms. The monoisotopic (exact) mass is 449 g/mol. The number of anilines is 1. The van der Waals surface area contributed by atoms with Crippen LogP contribution >= 0.6 is 0 Å². The summed E-state index contributed by atoms with van der Waals surface area (Å²) in [6.07, 6.45) is -0.172. The summed E-state index contributed by atoms with van der Waals surface area (Å²) in [5.41, 5.74) is 3.13. The standard InChI is InChI=1S/C26H25F2N3O2/c1-16-12-17(14-29)8-9-21(16)30-11-10-22-18(15-30)13-23(24-19(27)6-5-7-20(24)28)31(22)25(32)33-26(2,3)4/h5-9,12-13H,10-11,15H2,1-4H3. The second-order valence-corrected chi connectivity index (χ2v) is 9.20. The van der Waals surface area contributed by atoms with E-state index in [2.05, 4.69) is 11.0 Å². The minimum absolute atomic E-state index is 0.142. The largest absolute Gasteiger partial charge is 0.443 e. The van der Waals surface area contributed by atoms with E-state index in [1.54, 1.807) is 32.9 Å². The number of nitrogens with zero attached hydrogens (tertiary/aromatic N) is 3. The third-order valence-electron chi connectivity index (χ3n) is 5.63. The van der Waals surface area contributed by atoms with Gasteiger partial charge in [-0.25, -0.2) is 18.1 Å². The summed E-state index contributed by atoms with van der Waals surface area (Å²) in [4.78, 5) is 15.3. The molecule has 0 fully saturated rings. The van der Waals surface area contributed by atoms with E-state index in [1.165, 1.54) is 22.8 Å². The van der Waals surface area contributed by atoms with E-state index in [1.807, 2.05) is 19.1 Å². The molecule has 1 aliphatic rings. The van der Waals surface area contributed by atoms with Gasteiger partial charge in [-0.05, 0) is 75.2 Å². The van der Waals surface area contributed by atoms with Crippen molar-refractivity contribution in [2.75, 3.05) is 11.4 Å². The zero-order valence-corrected chi connectivity index (χ0v) is 19.1. The topological polar surface area (TPSA) is 58.3 Å². The number of benzene rings is 2. The molecule has 1 aromatic heterocycles. The number of nitriles is 1. The van der Waals surface area contributed by atoms with Gasteiger partial charge in [0.2, 0.25) is 0 Å². The summed E-state index contributed by atoms with van der Waals surface area (Å²) in [5.74, 6) is -1.48. The molecule has 33 heavy (non-hydrogen) atoms. The van der Waals surface area contributed by atoms with E-state index in [0.29, 0.717) is 30.8 Å². The zero-order chi connectivity index (χ0) is 23.9. The van der Waals surface area contributed by atoms with Gasteiger partial charge in [0.15, 0.2) is 0 Å². The average molecular weight is 450 g/mol. The van der Waals surface area contributed by atoms with Gasteiger partial charge in [0.1, 0.15) is 17.2 Å². The molecular formula is C26H25F2N3O2. The van der Waals surface area contributed by atoms with Crippen LogP contribution in [0.25, 0.3) is 11.3 Å². The van der Waals surface area contributed by atoms with Crippen molar-refractivity contribution in [2.45, 2.75) is 46.3 Å². The van der Waals surface area contributed by atoms with Crippen molar-refractivity contribution < 1.29 is 18.3 Å². The Morgan fingerprint density at radius 2 is 1.82 bits per heavy atom. The summed E-state index contributed by atoms with van der Waals surface area (Å²) in [6.45, 7) is 8.25. The third kappa shape index (κ3) is 4.34. The number of hydrogen-bond donors (Lipinski definition) is 0. The highest BCUT2D eigenvalue weighted by molar-refractivity contribution is 5.81. The maximum absolute atomic E-state index is 14.7. The van der Waals surface area contributed by atoms with Crippen molar-refractivity contribution in [1.82, 2.24) is 4.57 Å². The van der Waals surface area contributed by atoms with Gasteiger partial charge in [0.05, 0.1) is 22.9 Å². The molecule has 1 aliphatic heterocycles. The molecule has 0 amide bonds. The number of aromatic nitrogens is 1. The van der Waals surface area contributed by atoms with Crippen molar-refractivity contribution in [1.29, 1.82) is 5.26 Å². The fraction of sp³-hybridized carbons (Fsp3) is 0.308. The van der Waals surface area contributed by atoms with Gasteiger partial charge in [-0.15, -0.1) is 0 Å². The molecule has 0 saturated carbocycles. The second-order valence-electron chi connectivity index (χ2n) is 9.20. The second kappa shape index (κ2) is 8.36. The van der Waals surface area contributed by atoms with Crippen molar-refractivity contribution in [2.24, 2.45) is 0 Å². The molecule has 0 N–H and O–H groups in total. The molecule has 0 atom stereocenters. The number of rotatable bonds is 2. The predicted molar refractivity (Wildman–Crippen MR) is 122 cm³/mol. The molecule has 0 aliphatic carbocycles. The van der Waals surface area contributed by atoms with Crippen LogP contribution in [-0.4, -0.2) is 22.8 Å². The number of carbonyl (C=O) groups is 1. The van der Waals surface area contributed by atoms with Crippen LogP contribution in [0.2, 0.25) is 0 Å². The van der Waals surface area contributed by atoms with Gasteiger partial charge >= 0.3 is 6.09 Å². The minimum Gasteiger partial charge on any atom is -0.443 e. The quantitative estimate of drug-likeness (QED) is 0.484. The maximum atomic E-state index is 14.7. The van der Waals surface area contributed by atoms with Crippen LogP contribution < -0.4 is 4.90 Å². The molecule has 4 rings (SSSR count). The molecule has 2 heterocycles. The Morgan fingerprint density at radius 1 is 1.12 bits per heavy atom. The van der Waals surface area contributed by atoms with Crippen molar-refractivity contribution >= 4 is 11.8 Å². The highest BCUT2D eigenvalue weighted by Crippen LogP contribution is 2.35. The van der Waals surface area contributed by atoms with Gasteiger partial charge in [-0.1, -0.05) is 6.07 Å². The molecule has 5 nitrogen and oxygen atoms in total. The van der Waals surface area contributed by atoms with Crippen molar-refractivity contribution in [3.8, 4) is 17.3 Å². The molecule has 3 aromatic rings. The fourth-order valence-corrected chi connectivity index (χ4v) is 4.26. The highest BCUT2D eigenvalue weighted by atomic mass is 19.1. The Bertz CT molecular complexity index is 1260. The summed E-state index contributed by atoms with van der Waals surface area (Å²) in [5, 5.41) is 9.14. The highest BCUT2D eigenvalue weighted by Gasteiger charge is 2.31. The number of fused-ring (bicyclic) bond motifs is 1. The first kappa shape index (κ1) is 22.5. The van der Waals surface area contributed by atoms with Gasteiger partial charge in [-0.2, -0.15) is 5.26 Å². The van der Waals surface area contributed by atoms with Gasteiger partial charge in [-0.3, -0.25) is 0 Å². The van der Waals surface area contributed by atoms with E-state index in [4.69, 9.17) is 10.00 Å². The van der Waals surface area contributed by atoms with Crippen LogP contribution in [0.15, 0.2) is 42.5 Å². The van der Waals surface area contributed by atoms with Crippen molar-refractivity contribution in [3.05, 3.63) is 76.5 Å². The molecule has 0 saturated heterocycles. The fourth-order valence-electron chi connectivity index (χ4n) is 4.26. The average Bonchev–Trinajstić information content (AvgIpc) is 3.10. The molecule has 7 heteroatoms. The van der Waals surface area contributed by atoms with Crippen LogP contribution in [-0.2, 0) is 17.7 Å². The van der Waals surface area contributed by atoms with Crippen LogP contribution in [0.5, 0.6) is 0 Å². The lowest BCUT2D eigenvalue weighted by molar-refractivity contribution is 0.0535. The smallest absolute Gasteiger partial charge is 0.419 e. The summed E-state index contributed by atoms with van der Waals surface area (Å²) in [6, 6.07) is 13.0. The first-order valence-electron chi connectivity index (χ1n) is 10.8. The lowest BCUT2D eigenvalue weighted by Gasteiger charge is -2.31. The molecule has 170 valence electrons. The minimum atomic E-state index is -0.764. The Kier molecular flexibility index (Phi) is 5.71. The Balaban J connectivity index is 1.81. The Labute approximate surface area is 191 Å². The number of aryl methyl sites for hydroxylation is 1. The summed E-state index contributed by atoms with van der Waals surface area (Å²) >= 11 is 0. The first-order valence-corrected chi connectivity index (χ1v) is 10.8. The van der Waals surface area contributed by atoms with Gasteiger partial charge < -0.3 is 9.64 Å². The lowest BCUT2D eigenvalue weighted by Crippen LogP contribution is -2.34. The van der Waals surface area contributed by atoms with E-state index in [0.717, 1.165) is 16.8 Å². The lowest BCUT2D eigenvalue weighted by atomic mass is 10.0. The number of ether oxygens (including phenoxy) is 1. The molecular weight excluding hydrogens is 424 g/mol. The van der Waals surface area contributed by atoms with Gasteiger partial charge in [0, 0.05) is 30.9 Å². The Morgan fingerprint density at radius 3 is 2.42 bits per heavy atom. The summed E-state index contributed by atoms with van der Waals surface area (Å²) < 4.78 is 36.3. The Hall–Kier alpha value is -3.66. The number of carbonyl (C=O) groups excluding carboxylic acids is 1. The van der Waals surface area contributed by atoms with Crippen molar-refractivity contribution in [3.63, 3.8) is 0 Å². The van der Waals surface area contributed by atoms with Crippen LogP contribution in [0.3, 0.4) is 0 Å². The molecule has 0 unspecified atom stereocenters. The van der Waals surface area contributed by atoms with E-state index >= 15 is 0 Å². The van der Waals surface area contributed by atoms with Crippen LogP contribution in [0.1, 0.15) is 43.2 Å². The van der Waals surface area contributed by atoms with Crippen LogP contribution in [0.4, 0.5) is 19.3 Å². The maximum Gasteiger partial charge on any atom is 0.419 e. The number of hydrogen-bond acceptors (Lipinski definition) is 4. The van der Waals surface area contributed by atoms with E-state index in [9.17, 15) is 13.6 Å². The molecule has 0 radical (unpaired) electrons. The van der Waals surface area contributed by atoms with E-state index < -0.39 is 23.3 Å². The number of halogens is 2. The van der Waals surface area contributed by atoms with Gasteiger partial charge in [0.25, 0.3) is 0 Å². The predicted octanol–water partition coefficient (Wildman–Crippen LogP) is 5.96. The molecule has 0 bridgehead atoms. The third-order valence-corrected chi connectivity index (χ3v) is 5.63. The first-order chi connectivity index (χ1) is 15.6. The normalized spacial score (nSPS) is 13.4. The molecule has 2 aromatic carbocycles. The van der Waals surface area contributed by atoms with E-state index in [-0.39, 0.29) is 11.3 Å². The SMILES string of the molecule is Cc1cc(C#N)ccc1N1CCc2c(cc(-c3c(F)cccc3F)n2C(=O)OC(C)(C)C)C1.